The third-order valence-electron chi connectivity index (χ3n) is 5.24. The number of carbonyl (C=O) groups excluding carboxylic acids is 1. The van der Waals surface area contributed by atoms with Gasteiger partial charge in [-0.3, -0.25) is 9.69 Å². The molecule has 1 amide bonds. The van der Waals surface area contributed by atoms with Crippen LogP contribution in [0, 0.1) is 5.41 Å². The van der Waals surface area contributed by atoms with Gasteiger partial charge in [-0.15, -0.1) is 0 Å². The summed E-state index contributed by atoms with van der Waals surface area (Å²) in [5, 5.41) is 2.98. The Morgan fingerprint density at radius 1 is 1.08 bits per heavy atom. The van der Waals surface area contributed by atoms with Crippen LogP contribution in [0.15, 0.2) is 12.1 Å². The minimum Gasteiger partial charge on any atom is -0.493 e. The van der Waals surface area contributed by atoms with Crippen molar-refractivity contribution < 1.29 is 19.0 Å². The average molecular weight is 334 g/mol. The summed E-state index contributed by atoms with van der Waals surface area (Å²) in [6.45, 7) is 3.69. The normalized spacial score (nSPS) is 20.0. The highest BCUT2D eigenvalue weighted by molar-refractivity contribution is 5.79. The molecule has 24 heavy (non-hydrogen) atoms. The fourth-order valence-electron chi connectivity index (χ4n) is 3.78. The molecule has 0 aromatic heterocycles. The lowest BCUT2D eigenvalue weighted by atomic mass is 9.77. The van der Waals surface area contributed by atoms with Crippen molar-refractivity contribution in [1.82, 2.24) is 10.2 Å². The summed E-state index contributed by atoms with van der Waals surface area (Å²) < 4.78 is 16.2. The molecule has 0 radical (unpaired) electrons. The molecule has 2 heterocycles. The van der Waals surface area contributed by atoms with E-state index in [1.165, 1.54) is 0 Å². The number of hydrogen-bond acceptors (Lipinski definition) is 5. The predicted octanol–water partition coefficient (Wildman–Crippen LogP) is 1.81. The Kier molecular flexibility index (Phi) is 4.85. The van der Waals surface area contributed by atoms with Gasteiger partial charge in [0.05, 0.1) is 21.3 Å². The first kappa shape index (κ1) is 16.9. The first-order valence-corrected chi connectivity index (χ1v) is 8.37. The minimum atomic E-state index is 0.183. The number of nitrogens with one attached hydrogen (secondary N) is 1. The maximum Gasteiger partial charge on any atom is 0.220 e. The van der Waals surface area contributed by atoms with Crippen molar-refractivity contribution in [2.24, 2.45) is 5.41 Å². The van der Waals surface area contributed by atoms with E-state index in [-0.39, 0.29) is 11.3 Å². The number of carbonyl (C=O) groups is 1. The van der Waals surface area contributed by atoms with Crippen molar-refractivity contribution in [3.63, 3.8) is 0 Å². The van der Waals surface area contributed by atoms with E-state index in [1.54, 1.807) is 21.3 Å². The van der Waals surface area contributed by atoms with E-state index in [1.807, 2.05) is 12.1 Å². The number of ether oxygens (including phenoxy) is 3. The second kappa shape index (κ2) is 6.89. The number of rotatable bonds is 5. The van der Waals surface area contributed by atoms with E-state index >= 15 is 0 Å². The van der Waals surface area contributed by atoms with E-state index in [9.17, 15) is 4.79 Å². The van der Waals surface area contributed by atoms with Gasteiger partial charge in [0.25, 0.3) is 0 Å². The third kappa shape index (κ3) is 3.29. The monoisotopic (exact) mass is 334 g/mol. The number of likely N-dealkylation sites (tertiary alicyclic amines) is 1. The zero-order valence-corrected chi connectivity index (χ0v) is 14.7. The molecular formula is C18H26N2O4. The number of nitrogens with zero attached hydrogens (tertiary/aromatic N) is 1. The highest BCUT2D eigenvalue weighted by Gasteiger charge is 2.40. The number of piperidine rings is 1. The van der Waals surface area contributed by atoms with Crippen LogP contribution in [-0.4, -0.2) is 51.8 Å². The van der Waals surface area contributed by atoms with Crippen LogP contribution in [0.4, 0.5) is 0 Å². The molecule has 0 atom stereocenters. The molecule has 2 aliphatic rings. The van der Waals surface area contributed by atoms with Gasteiger partial charge in [-0.1, -0.05) is 0 Å². The Bertz CT molecular complexity index is 584. The van der Waals surface area contributed by atoms with Crippen LogP contribution in [0.5, 0.6) is 17.2 Å². The number of methoxy groups -OCH3 is 3. The van der Waals surface area contributed by atoms with Crippen molar-refractivity contribution in [3.8, 4) is 17.2 Å². The summed E-state index contributed by atoms with van der Waals surface area (Å²) >= 11 is 0. The quantitative estimate of drug-likeness (QED) is 0.890. The Morgan fingerprint density at radius 3 is 2.17 bits per heavy atom. The molecule has 1 aromatic carbocycles. The van der Waals surface area contributed by atoms with E-state index in [0.717, 1.165) is 44.6 Å². The van der Waals surface area contributed by atoms with Crippen molar-refractivity contribution in [3.05, 3.63) is 17.7 Å². The van der Waals surface area contributed by atoms with Crippen LogP contribution in [-0.2, 0) is 11.3 Å². The summed E-state index contributed by atoms with van der Waals surface area (Å²) in [4.78, 5) is 14.0. The molecule has 2 aliphatic heterocycles. The van der Waals surface area contributed by atoms with Gasteiger partial charge < -0.3 is 19.5 Å². The Morgan fingerprint density at radius 2 is 1.71 bits per heavy atom. The molecule has 0 bridgehead atoms. The van der Waals surface area contributed by atoms with Crippen LogP contribution >= 0.6 is 0 Å². The van der Waals surface area contributed by atoms with Crippen molar-refractivity contribution in [2.75, 3.05) is 41.0 Å². The molecule has 0 aliphatic carbocycles. The Hall–Kier alpha value is -1.95. The van der Waals surface area contributed by atoms with Crippen LogP contribution in [0.3, 0.4) is 0 Å². The first-order chi connectivity index (χ1) is 11.6. The molecule has 1 aromatic rings. The van der Waals surface area contributed by atoms with Crippen LogP contribution in [0.2, 0.25) is 0 Å². The van der Waals surface area contributed by atoms with Gasteiger partial charge in [0, 0.05) is 19.5 Å². The minimum absolute atomic E-state index is 0.183. The topological polar surface area (TPSA) is 60.0 Å². The molecule has 1 N–H and O–H groups in total. The second-order valence-corrected chi connectivity index (χ2v) is 6.76. The smallest absolute Gasteiger partial charge is 0.220 e. The standard InChI is InChI=1S/C18H26N2O4/c1-22-14-8-13(9-15(23-2)17(14)24-3)11-20-6-4-18(5-7-20)10-16(21)19-12-18/h8-9H,4-7,10-12H2,1-3H3,(H,19,21). The highest BCUT2D eigenvalue weighted by atomic mass is 16.5. The SMILES string of the molecule is COc1cc(CN2CCC3(CC2)CNC(=O)C3)cc(OC)c1OC. The molecule has 6 heteroatoms. The van der Waals surface area contributed by atoms with Gasteiger partial charge in [-0.25, -0.2) is 0 Å². The Balaban J connectivity index is 1.67. The molecule has 1 spiro atoms. The van der Waals surface area contributed by atoms with E-state index in [0.29, 0.717) is 23.7 Å². The van der Waals surface area contributed by atoms with Crippen LogP contribution in [0.1, 0.15) is 24.8 Å². The highest BCUT2D eigenvalue weighted by Crippen LogP contribution is 2.40. The summed E-state index contributed by atoms with van der Waals surface area (Å²) in [5.41, 5.74) is 1.32. The zero-order chi connectivity index (χ0) is 17.2. The van der Waals surface area contributed by atoms with Crippen LogP contribution < -0.4 is 19.5 Å². The van der Waals surface area contributed by atoms with E-state index in [2.05, 4.69) is 10.2 Å². The maximum atomic E-state index is 11.5. The average Bonchev–Trinajstić information content (AvgIpc) is 2.96. The molecular weight excluding hydrogens is 308 g/mol. The molecule has 0 saturated carbocycles. The fraction of sp³-hybridized carbons (Fsp3) is 0.611. The molecule has 3 rings (SSSR count). The lowest BCUT2D eigenvalue weighted by Crippen LogP contribution is -2.40. The van der Waals surface area contributed by atoms with Gasteiger partial charge in [-0.05, 0) is 49.0 Å². The summed E-state index contributed by atoms with van der Waals surface area (Å²) in [5.74, 6) is 2.20. The van der Waals surface area contributed by atoms with Gasteiger partial charge in [0.2, 0.25) is 11.7 Å². The number of amides is 1. The van der Waals surface area contributed by atoms with Gasteiger partial charge in [0.1, 0.15) is 0 Å². The van der Waals surface area contributed by atoms with E-state index < -0.39 is 0 Å². The van der Waals surface area contributed by atoms with Gasteiger partial charge in [-0.2, -0.15) is 0 Å². The summed E-state index contributed by atoms with van der Waals surface area (Å²) in [6.07, 6.45) is 2.82. The first-order valence-electron chi connectivity index (χ1n) is 8.37. The largest absolute Gasteiger partial charge is 0.493 e. The molecule has 6 nitrogen and oxygen atoms in total. The van der Waals surface area contributed by atoms with Crippen molar-refractivity contribution >= 4 is 5.91 Å². The fourth-order valence-corrected chi connectivity index (χ4v) is 3.78. The third-order valence-corrected chi connectivity index (χ3v) is 5.24. The molecule has 2 saturated heterocycles. The maximum absolute atomic E-state index is 11.5. The number of hydrogen-bond donors (Lipinski definition) is 1. The Labute approximate surface area is 143 Å². The van der Waals surface area contributed by atoms with Gasteiger partial charge >= 0.3 is 0 Å². The van der Waals surface area contributed by atoms with Gasteiger partial charge in [0.15, 0.2) is 11.5 Å². The molecule has 0 unspecified atom stereocenters. The van der Waals surface area contributed by atoms with Crippen molar-refractivity contribution in [1.29, 1.82) is 0 Å². The molecule has 2 fully saturated rings. The summed E-state index contributed by atoms with van der Waals surface area (Å²) in [6, 6.07) is 4.01. The molecule has 132 valence electrons. The zero-order valence-electron chi connectivity index (χ0n) is 14.7. The lowest BCUT2D eigenvalue weighted by molar-refractivity contribution is -0.119. The van der Waals surface area contributed by atoms with Crippen molar-refractivity contribution in [2.45, 2.75) is 25.8 Å². The lowest BCUT2D eigenvalue weighted by Gasteiger charge is -2.38. The number of benzene rings is 1. The summed E-state index contributed by atoms with van der Waals surface area (Å²) in [7, 11) is 4.88. The predicted molar refractivity (Wildman–Crippen MR) is 90.7 cm³/mol. The van der Waals surface area contributed by atoms with E-state index in [4.69, 9.17) is 14.2 Å². The van der Waals surface area contributed by atoms with Crippen LogP contribution in [0.25, 0.3) is 0 Å². The second-order valence-electron chi connectivity index (χ2n) is 6.76.